The average molecular weight is 258 g/mol. The van der Waals surface area contributed by atoms with Crippen molar-refractivity contribution in [2.45, 2.75) is 37.1 Å². The van der Waals surface area contributed by atoms with Gasteiger partial charge in [0.2, 0.25) is 0 Å². The fourth-order valence-electron chi connectivity index (χ4n) is 2.02. The maximum atomic E-state index is 6.22. The second-order valence-electron chi connectivity index (χ2n) is 4.22. The van der Waals surface area contributed by atoms with Crippen molar-refractivity contribution in [3.8, 4) is 0 Å². The Morgan fingerprint density at radius 2 is 1.94 bits per heavy atom. The molecule has 0 amide bonds. The highest BCUT2D eigenvalue weighted by Crippen LogP contribution is 2.36. The van der Waals surface area contributed by atoms with Crippen molar-refractivity contribution in [1.82, 2.24) is 0 Å². The Morgan fingerprint density at radius 3 is 2.38 bits per heavy atom. The minimum absolute atomic E-state index is 0. The maximum Gasteiger partial charge on any atom is 0.0323 e. The molecule has 90 valence electrons. The van der Waals surface area contributed by atoms with Gasteiger partial charge in [0.25, 0.3) is 0 Å². The number of hydrogen-bond acceptors (Lipinski definition) is 2. The van der Waals surface area contributed by atoms with Gasteiger partial charge in [-0.1, -0.05) is 25.5 Å². The third kappa shape index (κ3) is 3.16. The predicted octanol–water partition coefficient (Wildman–Crippen LogP) is 4.02. The molecule has 0 heterocycles. The van der Waals surface area contributed by atoms with Crippen LogP contribution < -0.4 is 5.73 Å². The lowest BCUT2D eigenvalue weighted by Gasteiger charge is -2.31. The summed E-state index contributed by atoms with van der Waals surface area (Å²) in [6.07, 6.45) is 3.99. The SMILES string of the molecule is CCSc1ccc([C@H](N)C2CCC2)cc1.Cl. The van der Waals surface area contributed by atoms with E-state index >= 15 is 0 Å². The fraction of sp³-hybridized carbons (Fsp3) is 0.538. The lowest BCUT2D eigenvalue weighted by molar-refractivity contribution is 0.264. The van der Waals surface area contributed by atoms with Gasteiger partial charge in [-0.25, -0.2) is 0 Å². The Morgan fingerprint density at radius 1 is 1.31 bits per heavy atom. The minimum atomic E-state index is 0. The number of thioether (sulfide) groups is 1. The maximum absolute atomic E-state index is 6.22. The normalized spacial score (nSPS) is 17.4. The van der Waals surface area contributed by atoms with Gasteiger partial charge in [0.1, 0.15) is 0 Å². The number of benzene rings is 1. The van der Waals surface area contributed by atoms with Gasteiger partial charge in [-0.2, -0.15) is 0 Å². The molecule has 0 saturated heterocycles. The Labute approximate surface area is 109 Å². The zero-order valence-corrected chi connectivity index (χ0v) is 11.3. The van der Waals surface area contributed by atoms with Crippen LogP contribution in [0.5, 0.6) is 0 Å². The Kier molecular flexibility index (Phi) is 5.67. The molecule has 0 aromatic heterocycles. The van der Waals surface area contributed by atoms with Crippen molar-refractivity contribution in [3.05, 3.63) is 29.8 Å². The highest BCUT2D eigenvalue weighted by atomic mass is 35.5. The van der Waals surface area contributed by atoms with E-state index in [4.69, 9.17) is 5.73 Å². The molecule has 2 N–H and O–H groups in total. The average Bonchev–Trinajstić information content (AvgIpc) is 2.16. The van der Waals surface area contributed by atoms with E-state index in [2.05, 4.69) is 31.2 Å². The second-order valence-corrected chi connectivity index (χ2v) is 5.56. The topological polar surface area (TPSA) is 26.0 Å². The smallest absolute Gasteiger partial charge is 0.0323 e. The molecule has 1 atom stereocenters. The molecule has 0 aliphatic heterocycles. The van der Waals surface area contributed by atoms with Crippen LogP contribution >= 0.6 is 24.2 Å². The summed E-state index contributed by atoms with van der Waals surface area (Å²) in [5.41, 5.74) is 7.52. The lowest BCUT2D eigenvalue weighted by Crippen LogP contribution is -2.26. The van der Waals surface area contributed by atoms with Gasteiger partial charge in [0.05, 0.1) is 0 Å². The van der Waals surface area contributed by atoms with E-state index in [1.807, 2.05) is 11.8 Å². The molecule has 0 radical (unpaired) electrons. The summed E-state index contributed by atoms with van der Waals surface area (Å²) >= 11 is 1.88. The van der Waals surface area contributed by atoms with Crippen LogP contribution in [0.25, 0.3) is 0 Å². The Hall–Kier alpha value is -0.180. The third-order valence-corrected chi connectivity index (χ3v) is 4.13. The molecule has 1 aromatic rings. The first kappa shape index (κ1) is 13.9. The van der Waals surface area contributed by atoms with E-state index in [0.717, 1.165) is 11.7 Å². The van der Waals surface area contributed by atoms with Crippen LogP contribution in [0.2, 0.25) is 0 Å². The van der Waals surface area contributed by atoms with E-state index in [0.29, 0.717) is 0 Å². The molecule has 1 nitrogen and oxygen atoms in total. The molecule has 0 bridgehead atoms. The second kappa shape index (κ2) is 6.53. The van der Waals surface area contributed by atoms with Crippen molar-refractivity contribution in [3.63, 3.8) is 0 Å². The van der Waals surface area contributed by atoms with Crippen LogP contribution in [-0.2, 0) is 0 Å². The van der Waals surface area contributed by atoms with E-state index < -0.39 is 0 Å². The van der Waals surface area contributed by atoms with Crippen LogP contribution in [0.1, 0.15) is 37.8 Å². The summed E-state index contributed by atoms with van der Waals surface area (Å²) in [6, 6.07) is 9.05. The molecule has 16 heavy (non-hydrogen) atoms. The summed E-state index contributed by atoms with van der Waals surface area (Å²) in [7, 11) is 0. The quantitative estimate of drug-likeness (QED) is 0.825. The van der Waals surface area contributed by atoms with Crippen molar-refractivity contribution >= 4 is 24.2 Å². The zero-order chi connectivity index (χ0) is 10.7. The minimum Gasteiger partial charge on any atom is -0.324 e. The summed E-state index contributed by atoms with van der Waals surface area (Å²) in [4.78, 5) is 1.35. The van der Waals surface area contributed by atoms with Crippen molar-refractivity contribution in [2.75, 3.05) is 5.75 Å². The lowest BCUT2D eigenvalue weighted by atomic mass is 9.78. The first-order chi connectivity index (χ1) is 7.31. The van der Waals surface area contributed by atoms with Crippen molar-refractivity contribution in [2.24, 2.45) is 11.7 Å². The zero-order valence-electron chi connectivity index (χ0n) is 9.69. The van der Waals surface area contributed by atoms with Crippen LogP contribution in [0.3, 0.4) is 0 Å². The van der Waals surface area contributed by atoms with Gasteiger partial charge in [-0.05, 0) is 42.2 Å². The number of rotatable bonds is 4. The van der Waals surface area contributed by atoms with Gasteiger partial charge in [-0.15, -0.1) is 24.2 Å². The van der Waals surface area contributed by atoms with E-state index in [1.54, 1.807) is 0 Å². The molecular formula is C13H20ClNS. The monoisotopic (exact) mass is 257 g/mol. The summed E-state index contributed by atoms with van der Waals surface area (Å²) in [5.74, 6) is 1.86. The highest BCUT2D eigenvalue weighted by molar-refractivity contribution is 7.99. The van der Waals surface area contributed by atoms with Gasteiger partial charge in [-0.3, -0.25) is 0 Å². The molecule has 0 unspecified atom stereocenters. The van der Waals surface area contributed by atoms with Crippen LogP contribution in [0, 0.1) is 5.92 Å². The number of halogens is 1. The summed E-state index contributed by atoms with van der Waals surface area (Å²) in [6.45, 7) is 2.18. The van der Waals surface area contributed by atoms with Gasteiger partial charge < -0.3 is 5.73 Å². The number of hydrogen-bond donors (Lipinski definition) is 1. The Bertz CT molecular complexity index is 308. The van der Waals surface area contributed by atoms with E-state index in [-0.39, 0.29) is 18.4 Å². The molecule has 1 aromatic carbocycles. The Balaban J connectivity index is 0.00000128. The summed E-state index contributed by atoms with van der Waals surface area (Å²) < 4.78 is 0. The fourth-order valence-corrected chi connectivity index (χ4v) is 2.69. The molecule has 3 heteroatoms. The van der Waals surface area contributed by atoms with Crippen molar-refractivity contribution in [1.29, 1.82) is 0 Å². The van der Waals surface area contributed by atoms with Crippen LogP contribution in [0.4, 0.5) is 0 Å². The molecular weight excluding hydrogens is 238 g/mol. The predicted molar refractivity (Wildman–Crippen MR) is 74.4 cm³/mol. The molecule has 1 aliphatic carbocycles. The standard InChI is InChI=1S/C13H19NS.ClH/c1-2-15-12-8-6-11(7-9-12)13(14)10-4-3-5-10;/h6-10,13H,2-5,14H2,1H3;1H/t13-;/m1./s1. The molecule has 1 saturated carbocycles. The van der Waals surface area contributed by atoms with E-state index in [9.17, 15) is 0 Å². The molecule has 0 spiro atoms. The first-order valence-electron chi connectivity index (χ1n) is 5.79. The largest absolute Gasteiger partial charge is 0.324 e. The van der Waals surface area contributed by atoms with Crippen molar-refractivity contribution < 1.29 is 0 Å². The van der Waals surface area contributed by atoms with E-state index in [1.165, 1.54) is 29.7 Å². The molecule has 1 aliphatic rings. The highest BCUT2D eigenvalue weighted by Gasteiger charge is 2.25. The first-order valence-corrected chi connectivity index (χ1v) is 6.78. The van der Waals surface area contributed by atoms with Gasteiger partial charge in [0.15, 0.2) is 0 Å². The third-order valence-electron chi connectivity index (χ3n) is 3.23. The van der Waals surface area contributed by atoms with Gasteiger partial charge >= 0.3 is 0 Å². The van der Waals surface area contributed by atoms with Gasteiger partial charge in [0, 0.05) is 10.9 Å². The summed E-state index contributed by atoms with van der Waals surface area (Å²) in [5, 5.41) is 0. The van der Waals surface area contributed by atoms with Crippen LogP contribution in [0.15, 0.2) is 29.2 Å². The van der Waals surface area contributed by atoms with Crippen LogP contribution in [-0.4, -0.2) is 5.75 Å². The molecule has 2 rings (SSSR count). The number of nitrogens with two attached hydrogens (primary N) is 1. The molecule has 1 fully saturated rings.